The highest BCUT2D eigenvalue weighted by Crippen LogP contribution is 2.28. The molecule has 1 N–H and O–H groups in total. The molecule has 0 bridgehead atoms. The molecule has 0 atom stereocenters. The lowest BCUT2D eigenvalue weighted by Gasteiger charge is -2.28. The third-order valence-corrected chi connectivity index (χ3v) is 3.50. The van der Waals surface area contributed by atoms with Crippen LogP contribution in [0.4, 0.5) is 11.4 Å². The van der Waals surface area contributed by atoms with E-state index in [1.807, 2.05) is 12.1 Å². The molecule has 5 nitrogen and oxygen atoms in total. The van der Waals surface area contributed by atoms with Crippen molar-refractivity contribution >= 4 is 23.3 Å². The maximum absolute atomic E-state index is 11.7. The van der Waals surface area contributed by atoms with Crippen molar-refractivity contribution in [3.05, 3.63) is 23.8 Å². The van der Waals surface area contributed by atoms with Crippen LogP contribution in [0.15, 0.2) is 18.2 Å². The molecule has 1 aliphatic heterocycles. The number of esters is 1. The number of nitrogens with zero attached hydrogens (tertiary/aromatic N) is 1. The van der Waals surface area contributed by atoms with E-state index in [1.54, 1.807) is 0 Å². The zero-order chi connectivity index (χ0) is 14.5. The molecule has 0 unspecified atom stereocenters. The average Bonchev–Trinajstić information content (AvgIpc) is 2.45. The van der Waals surface area contributed by atoms with Gasteiger partial charge in [0.2, 0.25) is 5.91 Å². The summed E-state index contributed by atoms with van der Waals surface area (Å²) in [7, 11) is 3.38. The van der Waals surface area contributed by atoms with Crippen LogP contribution in [0, 0.1) is 0 Å². The largest absolute Gasteiger partial charge is 0.469 e. The maximum atomic E-state index is 11.7. The first-order valence-electron chi connectivity index (χ1n) is 6.81. The van der Waals surface area contributed by atoms with Crippen molar-refractivity contribution in [2.45, 2.75) is 25.7 Å². The summed E-state index contributed by atoms with van der Waals surface area (Å²) < 4.78 is 4.51. The second kappa shape index (κ2) is 6.41. The zero-order valence-corrected chi connectivity index (χ0v) is 11.9. The van der Waals surface area contributed by atoms with Crippen molar-refractivity contribution in [1.82, 2.24) is 0 Å². The Morgan fingerprint density at radius 3 is 2.90 bits per heavy atom. The molecule has 0 aliphatic carbocycles. The van der Waals surface area contributed by atoms with Crippen LogP contribution in [-0.2, 0) is 20.7 Å². The van der Waals surface area contributed by atoms with E-state index in [0.29, 0.717) is 0 Å². The number of hydrogen-bond donors (Lipinski definition) is 1. The Balaban J connectivity index is 1.98. The lowest BCUT2D eigenvalue weighted by molar-refractivity contribution is -0.141. The molecule has 108 valence electrons. The summed E-state index contributed by atoms with van der Waals surface area (Å²) in [5.41, 5.74) is 3.25. The molecule has 1 aromatic rings. The van der Waals surface area contributed by atoms with E-state index in [4.69, 9.17) is 0 Å². The lowest BCUT2D eigenvalue weighted by atomic mass is 10.0. The highest BCUT2D eigenvalue weighted by molar-refractivity contribution is 5.93. The summed E-state index contributed by atoms with van der Waals surface area (Å²) in [4.78, 5) is 24.9. The normalized spacial score (nSPS) is 13.6. The van der Waals surface area contributed by atoms with Crippen molar-refractivity contribution < 1.29 is 14.3 Å². The van der Waals surface area contributed by atoms with Crippen molar-refractivity contribution in [2.75, 3.05) is 30.9 Å². The van der Waals surface area contributed by atoms with Gasteiger partial charge in [-0.25, -0.2) is 0 Å². The van der Waals surface area contributed by atoms with Crippen LogP contribution >= 0.6 is 0 Å². The first kappa shape index (κ1) is 14.4. The Labute approximate surface area is 118 Å². The zero-order valence-electron chi connectivity index (χ0n) is 11.9. The summed E-state index contributed by atoms with van der Waals surface area (Å²) in [6.07, 6.45) is 2.48. The Bertz CT molecular complexity index is 514. The minimum atomic E-state index is -0.370. The van der Waals surface area contributed by atoms with Crippen LogP contribution in [-0.4, -0.2) is 32.6 Å². The quantitative estimate of drug-likeness (QED) is 0.854. The summed E-state index contributed by atoms with van der Waals surface area (Å²) in [5.74, 6) is -0.542. The summed E-state index contributed by atoms with van der Waals surface area (Å²) in [6.45, 7) is 1.03. The number of hydrogen-bond acceptors (Lipinski definition) is 4. The smallest absolute Gasteiger partial charge is 0.306 e. The fourth-order valence-electron chi connectivity index (χ4n) is 2.38. The molecule has 0 aromatic heterocycles. The van der Waals surface area contributed by atoms with Gasteiger partial charge in [0, 0.05) is 31.4 Å². The van der Waals surface area contributed by atoms with Crippen molar-refractivity contribution in [1.29, 1.82) is 0 Å². The first-order chi connectivity index (χ1) is 9.60. The fraction of sp³-hybridized carbons (Fsp3) is 0.467. The molecular weight excluding hydrogens is 256 g/mol. The van der Waals surface area contributed by atoms with Gasteiger partial charge < -0.3 is 15.0 Å². The molecule has 2 rings (SSSR count). The van der Waals surface area contributed by atoms with Crippen LogP contribution in [0.25, 0.3) is 0 Å². The van der Waals surface area contributed by atoms with Gasteiger partial charge in [-0.15, -0.1) is 0 Å². The molecule has 0 spiro atoms. The number of benzene rings is 1. The number of rotatable bonds is 4. The summed E-state index contributed by atoms with van der Waals surface area (Å²) in [5, 5.41) is 2.82. The van der Waals surface area contributed by atoms with Gasteiger partial charge in [0.25, 0.3) is 0 Å². The van der Waals surface area contributed by atoms with Crippen LogP contribution in [0.3, 0.4) is 0 Å². The SMILES string of the molecule is COC(=O)CCC(=O)Nc1ccc2c(c1)N(C)CCC2. The standard InChI is InChI=1S/C15H20N2O3/c1-17-9-3-4-11-5-6-12(10-13(11)17)16-14(18)7-8-15(19)20-2/h5-6,10H,3-4,7-9H2,1-2H3,(H,16,18). The number of carbonyl (C=O) groups excluding carboxylic acids is 2. The molecule has 0 saturated carbocycles. The molecule has 0 saturated heterocycles. The third kappa shape index (κ3) is 3.50. The van der Waals surface area contributed by atoms with Gasteiger partial charge in [-0.3, -0.25) is 9.59 Å². The van der Waals surface area contributed by atoms with Gasteiger partial charge in [0.15, 0.2) is 0 Å². The van der Waals surface area contributed by atoms with Crippen molar-refractivity contribution in [3.8, 4) is 0 Å². The van der Waals surface area contributed by atoms with Crippen LogP contribution in [0.5, 0.6) is 0 Å². The van der Waals surface area contributed by atoms with E-state index >= 15 is 0 Å². The molecular formula is C15H20N2O3. The second-order valence-corrected chi connectivity index (χ2v) is 4.99. The van der Waals surface area contributed by atoms with Gasteiger partial charge >= 0.3 is 5.97 Å². The molecule has 0 fully saturated rings. The number of anilines is 2. The molecule has 1 amide bonds. The van der Waals surface area contributed by atoms with E-state index < -0.39 is 0 Å². The predicted molar refractivity (Wildman–Crippen MR) is 77.9 cm³/mol. The number of fused-ring (bicyclic) bond motifs is 1. The monoisotopic (exact) mass is 276 g/mol. The average molecular weight is 276 g/mol. The fourth-order valence-corrected chi connectivity index (χ4v) is 2.38. The highest BCUT2D eigenvalue weighted by atomic mass is 16.5. The number of amides is 1. The number of carbonyl (C=O) groups is 2. The third-order valence-electron chi connectivity index (χ3n) is 3.50. The Kier molecular flexibility index (Phi) is 4.61. The molecule has 0 radical (unpaired) electrons. The number of ether oxygens (including phenoxy) is 1. The number of aryl methyl sites for hydroxylation is 1. The van der Waals surface area contributed by atoms with E-state index in [0.717, 1.165) is 25.1 Å². The van der Waals surface area contributed by atoms with Crippen LogP contribution in [0.1, 0.15) is 24.8 Å². The molecule has 1 heterocycles. The van der Waals surface area contributed by atoms with E-state index in [2.05, 4.69) is 28.1 Å². The maximum Gasteiger partial charge on any atom is 0.306 e. The first-order valence-corrected chi connectivity index (χ1v) is 6.81. The van der Waals surface area contributed by atoms with Gasteiger partial charge in [0.05, 0.1) is 13.5 Å². The molecule has 20 heavy (non-hydrogen) atoms. The van der Waals surface area contributed by atoms with E-state index in [1.165, 1.54) is 18.4 Å². The second-order valence-electron chi connectivity index (χ2n) is 4.99. The Morgan fingerprint density at radius 2 is 2.15 bits per heavy atom. The highest BCUT2D eigenvalue weighted by Gasteiger charge is 2.14. The predicted octanol–water partition coefficient (Wildman–Crippen LogP) is 1.96. The topological polar surface area (TPSA) is 58.6 Å². The van der Waals surface area contributed by atoms with Crippen LogP contribution in [0.2, 0.25) is 0 Å². The van der Waals surface area contributed by atoms with Gasteiger partial charge in [-0.2, -0.15) is 0 Å². The molecule has 1 aromatic carbocycles. The lowest BCUT2D eigenvalue weighted by Crippen LogP contribution is -2.25. The van der Waals surface area contributed by atoms with E-state index in [9.17, 15) is 9.59 Å². The Hall–Kier alpha value is -2.04. The Morgan fingerprint density at radius 1 is 1.35 bits per heavy atom. The van der Waals surface area contributed by atoms with Gasteiger partial charge in [-0.05, 0) is 30.5 Å². The van der Waals surface area contributed by atoms with Gasteiger partial charge in [0.1, 0.15) is 0 Å². The van der Waals surface area contributed by atoms with E-state index in [-0.39, 0.29) is 24.7 Å². The minimum absolute atomic E-state index is 0.104. The van der Waals surface area contributed by atoms with Gasteiger partial charge in [-0.1, -0.05) is 6.07 Å². The van der Waals surface area contributed by atoms with Crippen molar-refractivity contribution in [3.63, 3.8) is 0 Å². The molecule has 1 aliphatic rings. The number of methoxy groups -OCH3 is 1. The number of nitrogens with one attached hydrogen (secondary N) is 1. The van der Waals surface area contributed by atoms with Crippen molar-refractivity contribution in [2.24, 2.45) is 0 Å². The molecule has 5 heteroatoms. The van der Waals surface area contributed by atoms with Crippen LogP contribution < -0.4 is 10.2 Å². The summed E-state index contributed by atoms with van der Waals surface area (Å²) >= 11 is 0. The minimum Gasteiger partial charge on any atom is -0.469 e. The summed E-state index contributed by atoms with van der Waals surface area (Å²) in [6, 6.07) is 5.96.